The van der Waals surface area contributed by atoms with Crippen LogP contribution in [0.15, 0.2) is 22.8 Å². The molecule has 2 nitrogen and oxygen atoms in total. The van der Waals surface area contributed by atoms with Gasteiger partial charge >= 0.3 is 0 Å². The quantitative estimate of drug-likeness (QED) is 0.815. The van der Waals surface area contributed by atoms with Gasteiger partial charge in [0, 0.05) is 28.1 Å². The van der Waals surface area contributed by atoms with Gasteiger partial charge in [-0.15, -0.1) is 0 Å². The first-order valence-electron chi connectivity index (χ1n) is 5.36. The van der Waals surface area contributed by atoms with Crippen molar-refractivity contribution in [3.8, 4) is 6.07 Å². The van der Waals surface area contributed by atoms with E-state index in [9.17, 15) is 0 Å². The van der Waals surface area contributed by atoms with Crippen LogP contribution in [-0.4, -0.2) is 4.57 Å². The highest BCUT2D eigenvalue weighted by Gasteiger charge is 2.09. The molecule has 2 rings (SSSR count). The normalized spacial score (nSPS) is 10.6. The minimum Gasteiger partial charge on any atom is -0.346 e. The predicted molar refractivity (Wildman–Crippen MR) is 69.4 cm³/mol. The van der Waals surface area contributed by atoms with E-state index in [0.29, 0.717) is 0 Å². The first-order chi connectivity index (χ1) is 7.67. The van der Waals surface area contributed by atoms with Gasteiger partial charge in [-0.25, -0.2) is 0 Å². The summed E-state index contributed by atoms with van der Waals surface area (Å²) in [5, 5.41) is 10.1. The molecule has 0 saturated carbocycles. The second-order valence-corrected chi connectivity index (χ2v) is 4.82. The predicted octanol–water partition coefficient (Wildman–Crippen LogP) is 3.99. The van der Waals surface area contributed by atoms with E-state index >= 15 is 0 Å². The van der Waals surface area contributed by atoms with Crippen molar-refractivity contribution < 1.29 is 0 Å². The molecule has 0 aliphatic rings. The summed E-state index contributed by atoms with van der Waals surface area (Å²) in [6.07, 6.45) is 3.20. The van der Waals surface area contributed by atoms with Crippen LogP contribution in [0.4, 0.5) is 0 Å². The maximum atomic E-state index is 9.01. The first kappa shape index (κ1) is 11.2. The smallest absolute Gasteiger partial charge is 0.0994 e. The highest BCUT2D eigenvalue weighted by molar-refractivity contribution is 9.10. The van der Waals surface area contributed by atoms with Crippen LogP contribution in [0.3, 0.4) is 0 Å². The number of halogens is 1. The average Bonchev–Trinajstić information content (AvgIpc) is 2.55. The molecule has 0 aliphatic carbocycles. The van der Waals surface area contributed by atoms with E-state index in [1.807, 2.05) is 13.0 Å². The fourth-order valence-electron chi connectivity index (χ4n) is 1.94. The summed E-state index contributed by atoms with van der Waals surface area (Å²) in [5.41, 5.74) is 2.99. The minimum atomic E-state index is 0.752. The molecule has 0 unspecified atom stereocenters. The highest BCUT2D eigenvalue weighted by Crippen LogP contribution is 2.29. The Hall–Kier alpha value is -1.27. The van der Waals surface area contributed by atoms with Crippen molar-refractivity contribution in [1.29, 1.82) is 5.26 Å². The molecule has 0 fully saturated rings. The third-order valence-corrected chi connectivity index (χ3v) is 3.40. The van der Waals surface area contributed by atoms with Crippen molar-refractivity contribution in [1.82, 2.24) is 4.57 Å². The van der Waals surface area contributed by atoms with E-state index < -0.39 is 0 Å². The van der Waals surface area contributed by atoms with Gasteiger partial charge in [-0.1, -0.05) is 6.92 Å². The number of hydrogen-bond acceptors (Lipinski definition) is 1. The van der Waals surface area contributed by atoms with Gasteiger partial charge in [0.25, 0.3) is 0 Å². The number of benzene rings is 1. The maximum absolute atomic E-state index is 9.01. The molecular weight excluding hydrogens is 264 g/mol. The molecule has 0 spiro atoms. The minimum absolute atomic E-state index is 0.752. The van der Waals surface area contributed by atoms with Crippen LogP contribution in [0, 0.1) is 18.3 Å². The second kappa shape index (κ2) is 4.31. The summed E-state index contributed by atoms with van der Waals surface area (Å²) in [4.78, 5) is 0. The van der Waals surface area contributed by atoms with Gasteiger partial charge in [-0.2, -0.15) is 5.26 Å². The van der Waals surface area contributed by atoms with Crippen molar-refractivity contribution >= 4 is 26.8 Å². The SMILES string of the molecule is CCCn1cc(Br)c2cc(C#N)c(C)cc21. The fourth-order valence-corrected chi connectivity index (χ4v) is 2.51. The summed E-state index contributed by atoms with van der Waals surface area (Å²) in [6, 6.07) is 6.28. The number of hydrogen-bond donors (Lipinski definition) is 0. The molecule has 1 heterocycles. The molecule has 1 aromatic carbocycles. The summed E-state index contributed by atoms with van der Waals surface area (Å²) >= 11 is 3.55. The van der Waals surface area contributed by atoms with Crippen LogP contribution in [0.25, 0.3) is 10.9 Å². The van der Waals surface area contributed by atoms with Crippen LogP contribution in [0.1, 0.15) is 24.5 Å². The largest absolute Gasteiger partial charge is 0.346 e. The van der Waals surface area contributed by atoms with Gasteiger partial charge in [-0.3, -0.25) is 0 Å². The van der Waals surface area contributed by atoms with E-state index in [1.165, 1.54) is 5.52 Å². The van der Waals surface area contributed by atoms with Gasteiger partial charge in [-0.05, 0) is 47.0 Å². The van der Waals surface area contributed by atoms with Crippen molar-refractivity contribution in [3.05, 3.63) is 33.9 Å². The Morgan fingerprint density at radius 1 is 1.44 bits per heavy atom. The van der Waals surface area contributed by atoms with Crippen molar-refractivity contribution in [3.63, 3.8) is 0 Å². The Kier molecular flexibility index (Phi) is 3.02. The average molecular weight is 277 g/mol. The topological polar surface area (TPSA) is 28.7 Å². The zero-order valence-electron chi connectivity index (χ0n) is 9.42. The Bertz CT molecular complexity index is 576. The number of nitriles is 1. The van der Waals surface area contributed by atoms with Gasteiger partial charge in [0.05, 0.1) is 11.6 Å². The van der Waals surface area contributed by atoms with Gasteiger partial charge in [0.15, 0.2) is 0 Å². The lowest BCUT2D eigenvalue weighted by molar-refractivity contribution is 0.702. The molecule has 1 aromatic heterocycles. The monoisotopic (exact) mass is 276 g/mol. The molecule has 2 aromatic rings. The molecular formula is C13H13BrN2. The Morgan fingerprint density at radius 3 is 2.81 bits per heavy atom. The molecule has 0 N–H and O–H groups in total. The van der Waals surface area contributed by atoms with E-state index in [0.717, 1.165) is 34.0 Å². The number of aromatic nitrogens is 1. The lowest BCUT2D eigenvalue weighted by Gasteiger charge is -2.04. The van der Waals surface area contributed by atoms with Crippen LogP contribution >= 0.6 is 15.9 Å². The van der Waals surface area contributed by atoms with E-state index in [1.54, 1.807) is 0 Å². The summed E-state index contributed by atoms with van der Waals surface area (Å²) in [7, 11) is 0. The maximum Gasteiger partial charge on any atom is 0.0994 e. The number of fused-ring (bicyclic) bond motifs is 1. The molecule has 0 saturated heterocycles. The van der Waals surface area contributed by atoms with Crippen molar-refractivity contribution in [2.75, 3.05) is 0 Å². The van der Waals surface area contributed by atoms with Gasteiger partial charge < -0.3 is 4.57 Å². The molecule has 3 heteroatoms. The van der Waals surface area contributed by atoms with E-state index in [2.05, 4.69) is 45.8 Å². The van der Waals surface area contributed by atoms with Crippen molar-refractivity contribution in [2.45, 2.75) is 26.8 Å². The molecule has 82 valence electrons. The third-order valence-electron chi connectivity index (χ3n) is 2.76. The Labute approximate surface area is 104 Å². The highest BCUT2D eigenvalue weighted by atomic mass is 79.9. The first-order valence-corrected chi connectivity index (χ1v) is 6.15. The lowest BCUT2D eigenvalue weighted by Crippen LogP contribution is -1.94. The molecule has 0 bridgehead atoms. The van der Waals surface area contributed by atoms with Crippen LogP contribution < -0.4 is 0 Å². The van der Waals surface area contributed by atoms with Crippen molar-refractivity contribution in [2.24, 2.45) is 0 Å². The van der Waals surface area contributed by atoms with Gasteiger partial charge in [0.1, 0.15) is 0 Å². The Morgan fingerprint density at radius 2 is 2.19 bits per heavy atom. The Balaban J connectivity index is 2.73. The number of rotatable bonds is 2. The van der Waals surface area contributed by atoms with Crippen LogP contribution in [0.5, 0.6) is 0 Å². The second-order valence-electron chi connectivity index (χ2n) is 3.97. The summed E-state index contributed by atoms with van der Waals surface area (Å²) < 4.78 is 3.29. The fraction of sp³-hybridized carbons (Fsp3) is 0.308. The third kappa shape index (κ3) is 1.74. The standard InChI is InChI=1S/C13H13BrN2/c1-3-4-16-8-12(14)11-6-10(7-15)9(2)5-13(11)16/h5-6,8H,3-4H2,1-2H3. The number of nitrogens with zero attached hydrogens (tertiary/aromatic N) is 2. The summed E-state index contributed by atoms with van der Waals surface area (Å²) in [6.45, 7) is 5.15. The van der Waals surface area contributed by atoms with E-state index in [-0.39, 0.29) is 0 Å². The van der Waals surface area contributed by atoms with E-state index in [4.69, 9.17) is 5.26 Å². The molecule has 0 atom stereocenters. The molecule has 16 heavy (non-hydrogen) atoms. The molecule has 0 aliphatic heterocycles. The zero-order valence-corrected chi connectivity index (χ0v) is 11.0. The van der Waals surface area contributed by atoms with Crippen LogP contribution in [-0.2, 0) is 6.54 Å². The number of aryl methyl sites for hydroxylation is 2. The zero-order chi connectivity index (χ0) is 11.7. The van der Waals surface area contributed by atoms with Gasteiger partial charge in [0.2, 0.25) is 0 Å². The van der Waals surface area contributed by atoms with Crippen LogP contribution in [0.2, 0.25) is 0 Å². The lowest BCUT2D eigenvalue weighted by atomic mass is 10.1. The molecule has 0 amide bonds. The molecule has 0 radical (unpaired) electrons. The summed E-state index contributed by atoms with van der Waals surface area (Å²) in [5.74, 6) is 0.